The normalized spacial score (nSPS) is 21.3. The molecule has 2 N–H and O–H groups in total. The number of amides is 2. The fraction of sp³-hybridized carbons (Fsp3) is 0.579. The highest BCUT2D eigenvalue weighted by atomic mass is 16.5. The number of rotatable bonds is 4. The van der Waals surface area contributed by atoms with Crippen molar-refractivity contribution >= 4 is 11.7 Å². The minimum Gasteiger partial charge on any atom is -0.373 e. The number of benzene rings is 1. The van der Waals surface area contributed by atoms with E-state index in [9.17, 15) is 4.79 Å². The number of anilines is 1. The smallest absolute Gasteiger partial charge is 0.319 e. The van der Waals surface area contributed by atoms with Crippen LogP contribution in [0.15, 0.2) is 24.3 Å². The molecule has 1 saturated carbocycles. The molecule has 4 rings (SSSR count). The summed E-state index contributed by atoms with van der Waals surface area (Å²) in [5.74, 6) is 0.546. The van der Waals surface area contributed by atoms with Crippen molar-refractivity contribution in [2.24, 2.45) is 0 Å². The summed E-state index contributed by atoms with van der Waals surface area (Å²) >= 11 is 0. The molecule has 0 radical (unpaired) electrons. The molecule has 0 unspecified atom stereocenters. The van der Waals surface area contributed by atoms with Crippen LogP contribution in [0.3, 0.4) is 0 Å². The van der Waals surface area contributed by atoms with Gasteiger partial charge in [-0.25, -0.2) is 4.79 Å². The van der Waals surface area contributed by atoms with Crippen molar-refractivity contribution < 1.29 is 9.53 Å². The van der Waals surface area contributed by atoms with Crippen LogP contribution in [-0.2, 0) is 11.3 Å². The maximum absolute atomic E-state index is 12.4. The Hall–Kier alpha value is -2.48. The first-order valence-corrected chi connectivity index (χ1v) is 9.75. The molecule has 8 nitrogen and oxygen atoms in total. The highest BCUT2D eigenvalue weighted by molar-refractivity contribution is 5.90. The third kappa shape index (κ3) is 4.10. The molecule has 2 aromatic rings. The second-order valence-electron chi connectivity index (χ2n) is 7.44. The summed E-state index contributed by atoms with van der Waals surface area (Å²) in [6, 6.07) is 7.33. The van der Waals surface area contributed by atoms with Crippen LogP contribution in [-0.4, -0.2) is 44.5 Å². The molecule has 1 aromatic carbocycles. The largest absolute Gasteiger partial charge is 0.373 e. The monoisotopic (exact) mass is 370 g/mol. The quantitative estimate of drug-likeness (QED) is 0.863. The first-order chi connectivity index (χ1) is 13.2. The lowest BCUT2D eigenvalue weighted by molar-refractivity contribution is -0.0245. The Kier molecular flexibility index (Phi) is 5.07. The maximum Gasteiger partial charge on any atom is 0.319 e. The Morgan fingerprint density at radius 3 is 2.96 bits per heavy atom. The Labute approximate surface area is 158 Å². The second-order valence-corrected chi connectivity index (χ2v) is 7.44. The molecule has 2 fully saturated rings. The van der Waals surface area contributed by atoms with E-state index in [1.54, 1.807) is 0 Å². The van der Waals surface area contributed by atoms with Gasteiger partial charge in [-0.05, 0) is 43.5 Å². The third-order valence-electron chi connectivity index (χ3n) is 5.42. The standard InChI is InChI=1S/C19H26N6O2/c1-2-25-23-17(22-24-25)14-7-6-8-15(11-14)20-18(26)21-16-12-19(27-13-16)9-4-3-5-10-19/h6-8,11,16H,2-5,9-10,12-13H2,1H3,(H2,20,21,26)/t16-/m0/s1. The van der Waals surface area contributed by atoms with Crippen molar-refractivity contribution in [2.45, 2.75) is 63.6 Å². The molecule has 1 atom stereocenters. The van der Waals surface area contributed by atoms with E-state index in [2.05, 4.69) is 26.0 Å². The van der Waals surface area contributed by atoms with Crippen molar-refractivity contribution in [1.29, 1.82) is 0 Å². The molecule has 144 valence electrons. The summed E-state index contributed by atoms with van der Waals surface area (Å²) in [7, 11) is 0. The van der Waals surface area contributed by atoms with Crippen molar-refractivity contribution in [3.8, 4) is 11.4 Å². The fourth-order valence-electron chi connectivity index (χ4n) is 4.06. The minimum atomic E-state index is -0.209. The molecule has 1 aromatic heterocycles. The molecule has 27 heavy (non-hydrogen) atoms. The van der Waals surface area contributed by atoms with Crippen LogP contribution in [0.5, 0.6) is 0 Å². The van der Waals surface area contributed by atoms with E-state index in [4.69, 9.17) is 4.74 Å². The van der Waals surface area contributed by atoms with Crippen LogP contribution in [0.4, 0.5) is 10.5 Å². The maximum atomic E-state index is 12.4. The number of carbonyl (C=O) groups excluding carboxylic acids is 1. The van der Waals surface area contributed by atoms with Crippen molar-refractivity contribution in [1.82, 2.24) is 25.5 Å². The zero-order chi connectivity index (χ0) is 18.7. The van der Waals surface area contributed by atoms with Gasteiger partial charge < -0.3 is 15.4 Å². The fourth-order valence-corrected chi connectivity index (χ4v) is 4.06. The summed E-state index contributed by atoms with van der Waals surface area (Å²) in [5.41, 5.74) is 1.51. The summed E-state index contributed by atoms with van der Waals surface area (Å²) in [6.45, 7) is 3.22. The average Bonchev–Trinajstić information content (AvgIpc) is 3.30. The lowest BCUT2D eigenvalue weighted by atomic mass is 9.82. The number of ether oxygens (including phenoxy) is 1. The number of urea groups is 1. The van der Waals surface area contributed by atoms with Gasteiger partial charge in [0.25, 0.3) is 0 Å². The van der Waals surface area contributed by atoms with Gasteiger partial charge >= 0.3 is 6.03 Å². The minimum absolute atomic E-state index is 0.00706. The van der Waals surface area contributed by atoms with E-state index >= 15 is 0 Å². The zero-order valence-corrected chi connectivity index (χ0v) is 15.6. The molecule has 1 aliphatic heterocycles. The molecule has 8 heteroatoms. The number of hydrogen-bond acceptors (Lipinski definition) is 5. The second kappa shape index (κ2) is 7.64. The van der Waals surface area contributed by atoms with E-state index in [0.717, 1.165) is 24.8 Å². The average molecular weight is 370 g/mol. The van der Waals surface area contributed by atoms with Gasteiger partial charge in [-0.2, -0.15) is 4.80 Å². The Morgan fingerprint density at radius 2 is 2.19 bits per heavy atom. The predicted molar refractivity (Wildman–Crippen MR) is 101 cm³/mol. The first kappa shape index (κ1) is 17.9. The van der Waals surface area contributed by atoms with E-state index in [1.165, 1.54) is 24.1 Å². The zero-order valence-electron chi connectivity index (χ0n) is 15.6. The summed E-state index contributed by atoms with van der Waals surface area (Å²) < 4.78 is 6.07. The number of aromatic nitrogens is 4. The van der Waals surface area contributed by atoms with Crippen LogP contribution in [0.2, 0.25) is 0 Å². The van der Waals surface area contributed by atoms with Crippen molar-refractivity contribution in [3.63, 3.8) is 0 Å². The SMILES string of the molecule is CCn1nnc(-c2cccc(NC(=O)N[C@@H]3COC4(CCCCC4)C3)c2)n1. The van der Waals surface area contributed by atoms with Crippen LogP contribution in [0.1, 0.15) is 45.4 Å². The van der Waals surface area contributed by atoms with Crippen LogP contribution >= 0.6 is 0 Å². The van der Waals surface area contributed by atoms with E-state index in [1.807, 2.05) is 31.2 Å². The molecule has 2 aliphatic rings. The Balaban J connectivity index is 1.35. The lowest BCUT2D eigenvalue weighted by Crippen LogP contribution is -2.39. The first-order valence-electron chi connectivity index (χ1n) is 9.75. The van der Waals surface area contributed by atoms with E-state index < -0.39 is 0 Å². The summed E-state index contributed by atoms with van der Waals surface area (Å²) in [5, 5.41) is 18.3. The van der Waals surface area contributed by atoms with Gasteiger partial charge in [0.15, 0.2) is 0 Å². The van der Waals surface area contributed by atoms with Gasteiger partial charge in [-0.1, -0.05) is 31.4 Å². The molecule has 1 saturated heterocycles. The highest BCUT2D eigenvalue weighted by Crippen LogP contribution is 2.39. The number of tetrazole rings is 1. The predicted octanol–water partition coefficient (Wildman–Crippen LogP) is 2.97. The summed E-state index contributed by atoms with van der Waals surface area (Å²) in [4.78, 5) is 13.9. The van der Waals surface area contributed by atoms with Crippen molar-refractivity contribution in [3.05, 3.63) is 24.3 Å². The van der Waals surface area contributed by atoms with Gasteiger partial charge in [0.2, 0.25) is 5.82 Å². The number of nitrogens with one attached hydrogen (secondary N) is 2. The van der Waals surface area contributed by atoms with E-state index in [-0.39, 0.29) is 17.7 Å². The van der Waals surface area contributed by atoms with E-state index in [0.29, 0.717) is 24.7 Å². The topological polar surface area (TPSA) is 94.0 Å². The summed E-state index contributed by atoms with van der Waals surface area (Å²) in [6.07, 6.45) is 6.87. The van der Waals surface area contributed by atoms with Crippen LogP contribution in [0.25, 0.3) is 11.4 Å². The number of carbonyl (C=O) groups is 1. The Bertz CT molecular complexity index is 799. The molecular weight excluding hydrogens is 344 g/mol. The number of nitrogens with zero attached hydrogens (tertiary/aromatic N) is 4. The molecular formula is C19H26N6O2. The third-order valence-corrected chi connectivity index (χ3v) is 5.42. The van der Waals surface area contributed by atoms with Gasteiger partial charge in [0.1, 0.15) is 0 Å². The molecule has 1 spiro atoms. The van der Waals surface area contributed by atoms with Gasteiger partial charge in [0.05, 0.1) is 24.8 Å². The molecule has 1 aliphatic carbocycles. The molecule has 2 heterocycles. The van der Waals surface area contributed by atoms with Gasteiger partial charge in [-0.15, -0.1) is 10.2 Å². The number of aryl methyl sites for hydroxylation is 1. The molecule has 0 bridgehead atoms. The molecule has 2 amide bonds. The number of hydrogen-bond donors (Lipinski definition) is 2. The van der Waals surface area contributed by atoms with Crippen LogP contribution in [0, 0.1) is 0 Å². The van der Waals surface area contributed by atoms with Crippen LogP contribution < -0.4 is 10.6 Å². The van der Waals surface area contributed by atoms with Crippen molar-refractivity contribution in [2.75, 3.05) is 11.9 Å². The highest BCUT2D eigenvalue weighted by Gasteiger charge is 2.41. The Morgan fingerprint density at radius 1 is 1.33 bits per heavy atom. The van der Waals surface area contributed by atoms with Gasteiger partial charge in [0, 0.05) is 11.3 Å². The lowest BCUT2D eigenvalue weighted by Gasteiger charge is -2.32. The van der Waals surface area contributed by atoms with Gasteiger partial charge in [-0.3, -0.25) is 0 Å².